The van der Waals surface area contributed by atoms with Gasteiger partial charge in [-0.2, -0.15) is 0 Å². The van der Waals surface area contributed by atoms with Crippen LogP contribution < -0.4 is 0 Å². The fourth-order valence-corrected chi connectivity index (χ4v) is 5.06. The van der Waals surface area contributed by atoms with Crippen LogP contribution in [0.1, 0.15) is 0 Å². The highest BCUT2D eigenvalue weighted by molar-refractivity contribution is 6.12. The van der Waals surface area contributed by atoms with Crippen LogP contribution in [-0.2, 0) is 0 Å². The van der Waals surface area contributed by atoms with E-state index in [9.17, 15) is 4.39 Å². The van der Waals surface area contributed by atoms with E-state index in [1.807, 2.05) is 12.1 Å². The summed E-state index contributed by atoms with van der Waals surface area (Å²) in [5.74, 6) is -0.224. The summed E-state index contributed by atoms with van der Waals surface area (Å²) in [6.07, 6.45) is 0. The number of fused-ring (bicyclic) bond motifs is 5. The molecule has 0 aliphatic heterocycles. The largest absolute Gasteiger partial charge is 0.456 e. The van der Waals surface area contributed by atoms with Gasteiger partial charge in [-0.3, -0.25) is 0 Å². The van der Waals surface area contributed by atoms with Crippen molar-refractivity contribution in [3.63, 3.8) is 0 Å². The number of rotatable bonds is 2. The van der Waals surface area contributed by atoms with Gasteiger partial charge in [-0.25, -0.2) is 4.39 Å². The molecule has 0 aliphatic carbocycles. The van der Waals surface area contributed by atoms with Crippen molar-refractivity contribution in [3.05, 3.63) is 121 Å². The van der Waals surface area contributed by atoms with Gasteiger partial charge in [-0.05, 0) is 80.2 Å². The molecule has 160 valence electrons. The standard InChI is InChI=1S/C32H19FO/c33-24-12-9-20(10-13-24)25-14-15-26(28-8-4-3-7-27(25)28)23-11-16-31-29(18-23)30-17-21-5-1-2-6-22(21)19-32(30)34-31/h1-19H. The summed E-state index contributed by atoms with van der Waals surface area (Å²) >= 11 is 0. The average molecular weight is 439 g/mol. The first-order chi connectivity index (χ1) is 16.7. The molecule has 0 fully saturated rings. The van der Waals surface area contributed by atoms with Crippen LogP contribution in [0.3, 0.4) is 0 Å². The Morgan fingerprint density at radius 2 is 1.03 bits per heavy atom. The molecule has 0 amide bonds. The quantitative estimate of drug-likeness (QED) is 0.262. The molecule has 0 N–H and O–H groups in total. The van der Waals surface area contributed by atoms with Gasteiger partial charge in [0.1, 0.15) is 17.0 Å². The molecule has 1 aromatic heterocycles. The first-order valence-corrected chi connectivity index (χ1v) is 11.4. The lowest BCUT2D eigenvalue weighted by atomic mass is 9.91. The number of hydrogen-bond acceptors (Lipinski definition) is 1. The molecule has 0 saturated heterocycles. The Labute approximate surface area is 195 Å². The third-order valence-electron chi connectivity index (χ3n) is 6.73. The second-order valence-electron chi connectivity index (χ2n) is 8.72. The highest BCUT2D eigenvalue weighted by Crippen LogP contribution is 2.39. The minimum absolute atomic E-state index is 0.224. The molecular weight excluding hydrogens is 419 g/mol. The number of furan rings is 1. The van der Waals surface area contributed by atoms with Gasteiger partial charge in [0.15, 0.2) is 0 Å². The van der Waals surface area contributed by atoms with Crippen molar-refractivity contribution in [2.75, 3.05) is 0 Å². The molecule has 7 aromatic rings. The first kappa shape index (κ1) is 19.1. The van der Waals surface area contributed by atoms with Crippen molar-refractivity contribution in [1.29, 1.82) is 0 Å². The number of halogens is 1. The molecule has 0 radical (unpaired) electrons. The van der Waals surface area contributed by atoms with Crippen LogP contribution >= 0.6 is 0 Å². The summed E-state index contributed by atoms with van der Waals surface area (Å²) in [7, 11) is 0. The molecule has 0 atom stereocenters. The van der Waals surface area contributed by atoms with Crippen molar-refractivity contribution in [2.24, 2.45) is 0 Å². The lowest BCUT2D eigenvalue weighted by Gasteiger charge is -2.12. The smallest absolute Gasteiger partial charge is 0.136 e. The summed E-state index contributed by atoms with van der Waals surface area (Å²) < 4.78 is 19.7. The summed E-state index contributed by atoms with van der Waals surface area (Å²) in [5.41, 5.74) is 6.21. The van der Waals surface area contributed by atoms with Crippen LogP contribution in [0.25, 0.3) is 65.7 Å². The molecule has 34 heavy (non-hydrogen) atoms. The van der Waals surface area contributed by atoms with Gasteiger partial charge in [-0.15, -0.1) is 0 Å². The maximum atomic E-state index is 13.5. The molecule has 0 unspecified atom stereocenters. The summed E-state index contributed by atoms with van der Waals surface area (Å²) in [4.78, 5) is 0. The van der Waals surface area contributed by atoms with Crippen molar-refractivity contribution in [1.82, 2.24) is 0 Å². The van der Waals surface area contributed by atoms with E-state index in [1.165, 1.54) is 33.9 Å². The highest BCUT2D eigenvalue weighted by atomic mass is 19.1. The van der Waals surface area contributed by atoms with Gasteiger partial charge >= 0.3 is 0 Å². The molecule has 7 rings (SSSR count). The van der Waals surface area contributed by atoms with Gasteiger partial charge in [0, 0.05) is 10.8 Å². The Bertz CT molecular complexity index is 1860. The van der Waals surface area contributed by atoms with Gasteiger partial charge < -0.3 is 4.42 Å². The van der Waals surface area contributed by atoms with Crippen LogP contribution in [0.5, 0.6) is 0 Å². The molecule has 0 saturated carbocycles. The van der Waals surface area contributed by atoms with Crippen molar-refractivity contribution >= 4 is 43.5 Å². The zero-order chi connectivity index (χ0) is 22.6. The molecule has 1 heterocycles. The van der Waals surface area contributed by atoms with Gasteiger partial charge in [0.05, 0.1) is 0 Å². The Hall–Kier alpha value is -4.43. The van der Waals surface area contributed by atoms with Crippen LogP contribution in [-0.4, -0.2) is 0 Å². The molecular formula is C32H19FO. The first-order valence-electron chi connectivity index (χ1n) is 11.4. The Morgan fingerprint density at radius 3 is 1.76 bits per heavy atom. The van der Waals surface area contributed by atoms with Crippen molar-refractivity contribution in [2.45, 2.75) is 0 Å². The van der Waals surface area contributed by atoms with E-state index in [2.05, 4.69) is 91.0 Å². The van der Waals surface area contributed by atoms with E-state index < -0.39 is 0 Å². The number of hydrogen-bond donors (Lipinski definition) is 0. The minimum Gasteiger partial charge on any atom is -0.456 e. The van der Waals surface area contributed by atoms with E-state index in [-0.39, 0.29) is 5.82 Å². The third-order valence-corrected chi connectivity index (χ3v) is 6.73. The maximum Gasteiger partial charge on any atom is 0.136 e. The van der Waals surface area contributed by atoms with Gasteiger partial charge in [-0.1, -0.05) is 78.9 Å². The summed E-state index contributed by atoms with van der Waals surface area (Å²) in [6.45, 7) is 0. The molecule has 0 aliphatic rings. The van der Waals surface area contributed by atoms with E-state index in [1.54, 1.807) is 0 Å². The normalized spacial score (nSPS) is 11.7. The zero-order valence-electron chi connectivity index (χ0n) is 18.3. The topological polar surface area (TPSA) is 13.1 Å². The fraction of sp³-hybridized carbons (Fsp3) is 0. The van der Waals surface area contributed by atoms with Crippen LogP contribution in [0.15, 0.2) is 120 Å². The third kappa shape index (κ3) is 2.93. The second-order valence-corrected chi connectivity index (χ2v) is 8.72. The monoisotopic (exact) mass is 438 g/mol. The number of benzene rings is 6. The molecule has 2 heteroatoms. The predicted octanol–water partition coefficient (Wildman–Crippen LogP) is 9.37. The molecule has 0 bridgehead atoms. The SMILES string of the molecule is Fc1ccc(-c2ccc(-c3ccc4oc5cc6ccccc6cc5c4c3)c3ccccc23)cc1. The summed E-state index contributed by atoms with van der Waals surface area (Å²) in [5, 5.41) is 6.94. The Morgan fingerprint density at radius 1 is 0.441 bits per heavy atom. The second kappa shape index (κ2) is 7.29. The van der Waals surface area contributed by atoms with Crippen molar-refractivity contribution in [3.8, 4) is 22.3 Å². The molecule has 0 spiro atoms. The zero-order valence-corrected chi connectivity index (χ0v) is 18.3. The maximum absolute atomic E-state index is 13.5. The lowest BCUT2D eigenvalue weighted by molar-refractivity contribution is 0.628. The fourth-order valence-electron chi connectivity index (χ4n) is 5.06. The van der Waals surface area contributed by atoms with Crippen molar-refractivity contribution < 1.29 is 8.81 Å². The average Bonchev–Trinajstić information content (AvgIpc) is 3.24. The predicted molar refractivity (Wildman–Crippen MR) is 140 cm³/mol. The van der Waals surface area contributed by atoms with E-state index in [4.69, 9.17) is 4.42 Å². The highest BCUT2D eigenvalue weighted by Gasteiger charge is 2.13. The lowest BCUT2D eigenvalue weighted by Crippen LogP contribution is -1.86. The Balaban J connectivity index is 1.45. The van der Waals surface area contributed by atoms with E-state index in [0.29, 0.717) is 0 Å². The van der Waals surface area contributed by atoms with Crippen LogP contribution in [0.4, 0.5) is 4.39 Å². The van der Waals surface area contributed by atoms with Crippen LogP contribution in [0, 0.1) is 5.82 Å². The van der Waals surface area contributed by atoms with E-state index >= 15 is 0 Å². The van der Waals surface area contributed by atoms with Crippen LogP contribution in [0.2, 0.25) is 0 Å². The summed E-state index contributed by atoms with van der Waals surface area (Å²) in [6, 6.07) is 38.6. The van der Waals surface area contributed by atoms with E-state index in [0.717, 1.165) is 44.0 Å². The molecule has 1 nitrogen and oxygen atoms in total. The minimum atomic E-state index is -0.224. The van der Waals surface area contributed by atoms with Gasteiger partial charge in [0.25, 0.3) is 0 Å². The van der Waals surface area contributed by atoms with Gasteiger partial charge in [0.2, 0.25) is 0 Å². The Kier molecular flexibility index (Phi) is 4.09. The molecule has 6 aromatic carbocycles.